The number of hydrogen-bond donors (Lipinski definition) is 1. The fourth-order valence-electron chi connectivity index (χ4n) is 3.42. The average molecular weight is 505 g/mol. The van der Waals surface area contributed by atoms with Gasteiger partial charge in [-0.25, -0.2) is 4.79 Å². The van der Waals surface area contributed by atoms with Crippen LogP contribution in [-0.2, 0) is 23.8 Å². The number of cyclic esters (lactones) is 1. The monoisotopic (exact) mass is 504 g/mol. The molecule has 1 aliphatic heterocycles. The molecule has 10 heteroatoms. The minimum absolute atomic E-state index is 0.110. The van der Waals surface area contributed by atoms with E-state index in [4.69, 9.17) is 37.4 Å². The molecule has 1 N–H and O–H groups in total. The predicted octanol–water partition coefficient (Wildman–Crippen LogP) is 3.78. The summed E-state index contributed by atoms with van der Waals surface area (Å²) in [5.74, 6) is -0.508. The van der Waals surface area contributed by atoms with Crippen LogP contribution in [0, 0.1) is 5.92 Å². The molecule has 8 nitrogen and oxygen atoms in total. The number of nitrogens with one attached hydrogen (secondary N) is 1. The van der Waals surface area contributed by atoms with Gasteiger partial charge in [0, 0.05) is 23.9 Å². The van der Waals surface area contributed by atoms with E-state index < -0.39 is 36.2 Å². The average Bonchev–Trinajstić information content (AvgIpc) is 3.12. The quantitative estimate of drug-likeness (QED) is 0.166. The molecule has 1 fully saturated rings. The van der Waals surface area contributed by atoms with Crippen LogP contribution in [0.15, 0.2) is 35.4 Å². The Bertz CT molecular complexity index is 753. The van der Waals surface area contributed by atoms with Crippen LogP contribution in [0.1, 0.15) is 33.1 Å². The number of alkyl halides is 1. The van der Waals surface area contributed by atoms with Gasteiger partial charge in [0.05, 0.1) is 20.3 Å². The molecule has 0 radical (unpaired) electrons. The Hall–Kier alpha value is -2.03. The second-order valence-electron chi connectivity index (χ2n) is 8.03. The first-order chi connectivity index (χ1) is 15.7. The highest BCUT2D eigenvalue weighted by Gasteiger charge is 2.38. The number of carbonyl (C=O) groups excluding carboxylic acids is 3. The van der Waals surface area contributed by atoms with E-state index in [-0.39, 0.29) is 25.5 Å². The van der Waals surface area contributed by atoms with E-state index >= 15 is 0 Å². The van der Waals surface area contributed by atoms with Crippen LogP contribution < -0.4 is 5.32 Å². The first kappa shape index (κ1) is 29.0. The summed E-state index contributed by atoms with van der Waals surface area (Å²) in [4.78, 5) is 38.7. The lowest BCUT2D eigenvalue weighted by Gasteiger charge is -2.28. The first-order valence-electron chi connectivity index (χ1n) is 10.7. The molecule has 1 aliphatic rings. The van der Waals surface area contributed by atoms with E-state index in [1.165, 1.54) is 19.1 Å². The summed E-state index contributed by atoms with van der Waals surface area (Å²) in [7, 11) is 2.57. The maximum Gasteiger partial charge on any atom is 0.410 e. The summed E-state index contributed by atoms with van der Waals surface area (Å²) in [6.07, 6.45) is 5.81. The van der Waals surface area contributed by atoms with Gasteiger partial charge < -0.3 is 14.2 Å². The van der Waals surface area contributed by atoms with Gasteiger partial charge >= 0.3 is 18.0 Å². The van der Waals surface area contributed by atoms with Crippen LogP contribution >= 0.6 is 23.2 Å². The molecule has 186 valence electrons. The molecular formula is C23H34Cl2N2O6. The van der Waals surface area contributed by atoms with E-state index in [1.807, 2.05) is 19.9 Å². The van der Waals surface area contributed by atoms with Crippen molar-refractivity contribution in [3.05, 3.63) is 35.4 Å². The third-order valence-corrected chi connectivity index (χ3v) is 5.60. The van der Waals surface area contributed by atoms with E-state index in [2.05, 4.69) is 11.9 Å². The van der Waals surface area contributed by atoms with Crippen molar-refractivity contribution in [2.24, 2.45) is 5.92 Å². The molecule has 1 heterocycles. The van der Waals surface area contributed by atoms with E-state index in [9.17, 15) is 14.4 Å². The molecule has 33 heavy (non-hydrogen) atoms. The number of nitrogens with zero attached hydrogens (tertiary/aromatic N) is 1. The van der Waals surface area contributed by atoms with Crippen LogP contribution in [0.3, 0.4) is 0 Å². The van der Waals surface area contributed by atoms with Gasteiger partial charge in [-0.05, 0) is 24.3 Å². The molecule has 0 aromatic heterocycles. The van der Waals surface area contributed by atoms with Gasteiger partial charge in [0.15, 0.2) is 0 Å². The number of carbonyl (C=O) groups is 3. The van der Waals surface area contributed by atoms with Crippen molar-refractivity contribution in [3.8, 4) is 0 Å². The molecule has 1 saturated heterocycles. The SMILES string of the molecule is C=C/C(=C\C/C(Cl)=C\CCl)CN1C(=O)OC[C@@H]1C[C@H](N[C@@H](CC(C)C)C(=O)OC)C(=O)OC. The Balaban J connectivity index is 3.01. The van der Waals surface area contributed by atoms with Gasteiger partial charge in [-0.2, -0.15) is 0 Å². The number of allylic oxidation sites excluding steroid dienone is 3. The Morgan fingerprint density at radius 2 is 1.88 bits per heavy atom. The third kappa shape index (κ3) is 9.78. The minimum atomic E-state index is -0.836. The van der Waals surface area contributed by atoms with Crippen molar-refractivity contribution in [1.82, 2.24) is 10.2 Å². The number of esters is 2. The van der Waals surface area contributed by atoms with Crippen LogP contribution in [0.2, 0.25) is 0 Å². The largest absolute Gasteiger partial charge is 0.468 e. The second kappa shape index (κ2) is 15.0. The number of halogens is 2. The molecule has 0 aromatic carbocycles. The Morgan fingerprint density at radius 1 is 1.24 bits per heavy atom. The number of rotatable bonds is 14. The zero-order valence-electron chi connectivity index (χ0n) is 19.6. The second-order valence-corrected chi connectivity index (χ2v) is 8.83. The first-order valence-corrected chi connectivity index (χ1v) is 11.6. The number of ether oxygens (including phenoxy) is 3. The Kier molecular flexibility index (Phi) is 13.2. The van der Waals surface area contributed by atoms with Gasteiger partial charge in [0.25, 0.3) is 0 Å². The molecule has 0 spiro atoms. The van der Waals surface area contributed by atoms with Crippen molar-refractivity contribution < 1.29 is 28.6 Å². The van der Waals surface area contributed by atoms with Crippen LogP contribution in [0.4, 0.5) is 4.79 Å². The fraction of sp³-hybridized carbons (Fsp3) is 0.609. The van der Waals surface area contributed by atoms with Crippen LogP contribution in [-0.4, -0.2) is 74.3 Å². The summed E-state index contributed by atoms with van der Waals surface area (Å²) in [5, 5.41) is 3.64. The lowest BCUT2D eigenvalue weighted by Crippen LogP contribution is -2.51. The third-order valence-electron chi connectivity index (χ3n) is 5.14. The lowest BCUT2D eigenvalue weighted by atomic mass is 10.0. The highest BCUT2D eigenvalue weighted by Crippen LogP contribution is 2.21. The summed E-state index contributed by atoms with van der Waals surface area (Å²) in [6.45, 7) is 8.08. The van der Waals surface area contributed by atoms with Crippen LogP contribution in [0.5, 0.6) is 0 Å². The summed E-state index contributed by atoms with van der Waals surface area (Å²) < 4.78 is 15.1. The standard InChI is InChI=1S/C23H34Cl2N2O6/c1-6-16(7-8-17(25)9-10-24)13-27-18(14-33-23(27)30)12-20(22(29)32-5)26-19(11-15(2)3)21(28)31-4/h6-7,9,15,18-20,26H,1,8,10-14H2,2-5H3/b16-7+,17-9+/t18-,19-,20-/m0/s1. The van der Waals surface area contributed by atoms with Gasteiger partial charge in [-0.3, -0.25) is 19.8 Å². The Morgan fingerprint density at radius 3 is 2.42 bits per heavy atom. The predicted molar refractivity (Wildman–Crippen MR) is 128 cm³/mol. The maximum absolute atomic E-state index is 12.5. The summed E-state index contributed by atoms with van der Waals surface area (Å²) in [5.41, 5.74) is 0.773. The van der Waals surface area contributed by atoms with Crippen LogP contribution in [0.25, 0.3) is 0 Å². The van der Waals surface area contributed by atoms with Gasteiger partial charge in [-0.1, -0.05) is 50.3 Å². The topological polar surface area (TPSA) is 94.2 Å². The van der Waals surface area contributed by atoms with Gasteiger partial charge in [0.1, 0.15) is 18.7 Å². The number of methoxy groups -OCH3 is 2. The lowest BCUT2D eigenvalue weighted by molar-refractivity contribution is -0.147. The van der Waals surface area contributed by atoms with E-state index in [0.717, 1.165) is 5.57 Å². The molecule has 1 amide bonds. The van der Waals surface area contributed by atoms with Crippen molar-refractivity contribution in [2.45, 2.75) is 51.2 Å². The fourth-order valence-corrected chi connectivity index (χ4v) is 3.84. The van der Waals surface area contributed by atoms with E-state index in [0.29, 0.717) is 23.8 Å². The number of hydrogen-bond acceptors (Lipinski definition) is 7. The molecular weight excluding hydrogens is 471 g/mol. The van der Waals surface area contributed by atoms with Crippen molar-refractivity contribution in [1.29, 1.82) is 0 Å². The van der Waals surface area contributed by atoms with Crippen molar-refractivity contribution in [3.63, 3.8) is 0 Å². The molecule has 1 rings (SSSR count). The zero-order valence-corrected chi connectivity index (χ0v) is 21.2. The summed E-state index contributed by atoms with van der Waals surface area (Å²) in [6, 6.07) is -1.94. The highest BCUT2D eigenvalue weighted by molar-refractivity contribution is 6.30. The summed E-state index contributed by atoms with van der Waals surface area (Å²) >= 11 is 11.7. The molecule has 0 unspecified atom stereocenters. The molecule has 3 atom stereocenters. The highest BCUT2D eigenvalue weighted by atomic mass is 35.5. The van der Waals surface area contributed by atoms with E-state index in [1.54, 1.807) is 12.2 Å². The maximum atomic E-state index is 12.5. The smallest absolute Gasteiger partial charge is 0.410 e. The molecule has 0 saturated carbocycles. The van der Waals surface area contributed by atoms with Gasteiger partial charge in [0.2, 0.25) is 0 Å². The van der Waals surface area contributed by atoms with Crippen molar-refractivity contribution in [2.75, 3.05) is 33.3 Å². The van der Waals surface area contributed by atoms with Gasteiger partial charge in [-0.15, -0.1) is 11.6 Å². The molecule has 0 bridgehead atoms. The van der Waals surface area contributed by atoms with Crippen molar-refractivity contribution >= 4 is 41.2 Å². The Labute approximate surface area is 205 Å². The normalized spacial score (nSPS) is 18.7. The molecule has 0 aromatic rings. The number of amides is 1. The minimum Gasteiger partial charge on any atom is -0.468 e. The zero-order chi connectivity index (χ0) is 25.0. The molecule has 0 aliphatic carbocycles.